The lowest BCUT2D eigenvalue weighted by atomic mass is 10.1. The van der Waals surface area contributed by atoms with Crippen LogP contribution in [-0.2, 0) is 0 Å². The molecule has 4 N–H and O–H groups in total. The third-order valence-corrected chi connectivity index (χ3v) is 2.31. The van der Waals surface area contributed by atoms with Crippen LogP contribution in [0, 0.1) is 6.92 Å². The predicted octanol–water partition coefficient (Wildman–Crippen LogP) is 1.48. The molecule has 0 spiro atoms. The molecular formula is C11H12N4O. The van der Waals surface area contributed by atoms with Crippen LogP contribution < -0.4 is 11.2 Å². The van der Waals surface area contributed by atoms with Crippen LogP contribution in [0.3, 0.4) is 0 Å². The van der Waals surface area contributed by atoms with Crippen LogP contribution in [0.25, 0.3) is 10.9 Å². The SMILES string of the molecule is Cc1[nH]c2ccccc2c1C=NNC(N)=O. The highest BCUT2D eigenvalue weighted by Crippen LogP contribution is 2.19. The second-order valence-electron chi connectivity index (χ2n) is 3.44. The molecule has 5 heteroatoms. The first-order valence-electron chi connectivity index (χ1n) is 4.84. The zero-order valence-corrected chi connectivity index (χ0v) is 8.82. The molecule has 1 aromatic heterocycles. The summed E-state index contributed by atoms with van der Waals surface area (Å²) in [5, 5.41) is 4.82. The number of hydrogen-bond donors (Lipinski definition) is 3. The van der Waals surface area contributed by atoms with E-state index in [0.717, 1.165) is 22.2 Å². The molecule has 2 rings (SSSR count). The highest BCUT2D eigenvalue weighted by Gasteiger charge is 2.04. The molecule has 0 atom stereocenters. The lowest BCUT2D eigenvalue weighted by Gasteiger charge is -1.93. The Hall–Kier alpha value is -2.30. The number of H-pyrrole nitrogens is 1. The van der Waals surface area contributed by atoms with Gasteiger partial charge >= 0.3 is 6.03 Å². The smallest absolute Gasteiger partial charge is 0.332 e. The van der Waals surface area contributed by atoms with Crippen LogP contribution in [0.15, 0.2) is 29.4 Å². The Morgan fingerprint density at radius 2 is 2.25 bits per heavy atom. The molecule has 0 saturated heterocycles. The zero-order chi connectivity index (χ0) is 11.5. The lowest BCUT2D eigenvalue weighted by Crippen LogP contribution is -2.24. The van der Waals surface area contributed by atoms with E-state index < -0.39 is 6.03 Å². The lowest BCUT2D eigenvalue weighted by molar-refractivity contribution is 0.249. The molecule has 0 saturated carbocycles. The first-order valence-corrected chi connectivity index (χ1v) is 4.84. The number of urea groups is 1. The summed E-state index contributed by atoms with van der Waals surface area (Å²) in [6.07, 6.45) is 1.58. The highest BCUT2D eigenvalue weighted by molar-refractivity contribution is 6.00. The highest BCUT2D eigenvalue weighted by atomic mass is 16.2. The summed E-state index contributed by atoms with van der Waals surface area (Å²) in [5.41, 5.74) is 10.1. The number of fused-ring (bicyclic) bond motifs is 1. The third-order valence-electron chi connectivity index (χ3n) is 2.31. The number of nitrogens with zero attached hydrogens (tertiary/aromatic N) is 1. The summed E-state index contributed by atoms with van der Waals surface area (Å²) in [6.45, 7) is 1.95. The number of amides is 2. The molecule has 0 fully saturated rings. The molecule has 0 bridgehead atoms. The van der Waals surface area contributed by atoms with Gasteiger partial charge in [-0.2, -0.15) is 5.10 Å². The van der Waals surface area contributed by atoms with Crippen molar-refractivity contribution in [3.8, 4) is 0 Å². The van der Waals surface area contributed by atoms with Crippen LogP contribution in [0.2, 0.25) is 0 Å². The molecule has 0 radical (unpaired) electrons. The van der Waals surface area contributed by atoms with Gasteiger partial charge in [0.2, 0.25) is 0 Å². The average molecular weight is 216 g/mol. The van der Waals surface area contributed by atoms with Crippen LogP contribution in [0.5, 0.6) is 0 Å². The summed E-state index contributed by atoms with van der Waals surface area (Å²) in [7, 11) is 0. The normalized spacial score (nSPS) is 11.1. The van der Waals surface area contributed by atoms with Crippen molar-refractivity contribution >= 4 is 23.1 Å². The summed E-state index contributed by atoms with van der Waals surface area (Å²) in [5.74, 6) is 0. The van der Waals surface area contributed by atoms with Crippen LogP contribution in [-0.4, -0.2) is 17.2 Å². The van der Waals surface area contributed by atoms with Gasteiger partial charge in [-0.25, -0.2) is 10.2 Å². The number of rotatable bonds is 2. The summed E-state index contributed by atoms with van der Waals surface area (Å²) in [4.78, 5) is 13.7. The Morgan fingerprint density at radius 1 is 1.50 bits per heavy atom. The monoisotopic (exact) mass is 216 g/mol. The second-order valence-corrected chi connectivity index (χ2v) is 3.44. The fourth-order valence-electron chi connectivity index (χ4n) is 1.63. The van der Waals surface area contributed by atoms with Crippen molar-refractivity contribution in [3.05, 3.63) is 35.5 Å². The molecule has 0 aliphatic heterocycles. The van der Waals surface area contributed by atoms with Crippen molar-refractivity contribution < 1.29 is 4.79 Å². The maximum absolute atomic E-state index is 10.5. The van der Waals surface area contributed by atoms with Crippen LogP contribution in [0.1, 0.15) is 11.3 Å². The number of hydrogen-bond acceptors (Lipinski definition) is 2. The van der Waals surface area contributed by atoms with Crippen molar-refractivity contribution in [3.63, 3.8) is 0 Å². The Balaban J connectivity index is 2.39. The molecule has 2 amide bonds. The maximum Gasteiger partial charge on any atom is 0.332 e. The average Bonchev–Trinajstić information content (AvgIpc) is 2.55. The Kier molecular flexibility index (Phi) is 2.59. The minimum absolute atomic E-state index is 0.672. The number of aromatic amines is 1. The number of carbonyl (C=O) groups excluding carboxylic acids is 1. The number of hydrazone groups is 1. The van der Waals surface area contributed by atoms with Gasteiger partial charge < -0.3 is 10.7 Å². The molecule has 0 aliphatic rings. The summed E-state index contributed by atoms with van der Waals surface area (Å²) >= 11 is 0. The maximum atomic E-state index is 10.5. The van der Waals surface area contributed by atoms with Crippen LogP contribution >= 0.6 is 0 Å². The molecule has 1 heterocycles. The predicted molar refractivity (Wildman–Crippen MR) is 63.3 cm³/mol. The topological polar surface area (TPSA) is 83.3 Å². The first-order chi connectivity index (χ1) is 7.68. The van der Waals surface area contributed by atoms with Crippen molar-refractivity contribution in [2.24, 2.45) is 10.8 Å². The van der Waals surface area contributed by atoms with Gasteiger partial charge in [0, 0.05) is 22.2 Å². The van der Waals surface area contributed by atoms with E-state index in [9.17, 15) is 4.79 Å². The molecule has 2 aromatic rings. The molecule has 1 aromatic carbocycles. The van der Waals surface area contributed by atoms with E-state index in [-0.39, 0.29) is 0 Å². The van der Waals surface area contributed by atoms with Crippen molar-refractivity contribution in [2.75, 3.05) is 0 Å². The molecule has 16 heavy (non-hydrogen) atoms. The first kappa shape index (κ1) is 10.2. The van der Waals surface area contributed by atoms with E-state index in [2.05, 4.69) is 15.5 Å². The van der Waals surface area contributed by atoms with Crippen molar-refractivity contribution in [2.45, 2.75) is 6.92 Å². The minimum atomic E-state index is -0.672. The number of primary amides is 1. The largest absolute Gasteiger partial charge is 0.358 e. The van der Waals surface area contributed by atoms with Crippen molar-refractivity contribution in [1.29, 1.82) is 0 Å². The molecule has 0 aliphatic carbocycles. The van der Waals surface area contributed by atoms with E-state index in [1.807, 2.05) is 31.2 Å². The number of nitrogens with two attached hydrogens (primary N) is 1. The van der Waals surface area contributed by atoms with E-state index >= 15 is 0 Å². The van der Waals surface area contributed by atoms with E-state index in [1.54, 1.807) is 6.21 Å². The van der Waals surface area contributed by atoms with Gasteiger partial charge in [-0.15, -0.1) is 0 Å². The number of para-hydroxylation sites is 1. The standard InChI is InChI=1S/C11H12N4O/c1-7-9(6-13-15-11(12)16)8-4-2-3-5-10(8)14-7/h2-6,14H,1H3,(H3,12,15,16). The number of aryl methyl sites for hydroxylation is 1. The van der Waals surface area contributed by atoms with Gasteiger partial charge in [-0.3, -0.25) is 0 Å². The van der Waals surface area contributed by atoms with E-state index in [4.69, 9.17) is 5.73 Å². The van der Waals surface area contributed by atoms with Crippen LogP contribution in [0.4, 0.5) is 4.79 Å². The number of aromatic nitrogens is 1. The van der Waals surface area contributed by atoms with Gasteiger partial charge in [-0.05, 0) is 13.0 Å². The summed E-state index contributed by atoms with van der Waals surface area (Å²) < 4.78 is 0. The molecule has 82 valence electrons. The van der Waals surface area contributed by atoms with Gasteiger partial charge in [0.15, 0.2) is 0 Å². The van der Waals surface area contributed by atoms with Gasteiger partial charge in [0.05, 0.1) is 6.21 Å². The van der Waals surface area contributed by atoms with E-state index in [1.165, 1.54) is 0 Å². The fourth-order valence-corrected chi connectivity index (χ4v) is 1.63. The molecule has 5 nitrogen and oxygen atoms in total. The number of carbonyl (C=O) groups is 1. The number of benzene rings is 1. The Bertz CT molecular complexity index is 556. The van der Waals surface area contributed by atoms with E-state index in [0.29, 0.717) is 0 Å². The Morgan fingerprint density at radius 3 is 3.00 bits per heavy atom. The third kappa shape index (κ3) is 1.88. The Labute approximate surface area is 92.3 Å². The quantitative estimate of drug-likeness (QED) is 0.515. The van der Waals surface area contributed by atoms with Crippen molar-refractivity contribution in [1.82, 2.24) is 10.4 Å². The van der Waals surface area contributed by atoms with Gasteiger partial charge in [-0.1, -0.05) is 18.2 Å². The second kappa shape index (κ2) is 4.06. The molecular weight excluding hydrogens is 204 g/mol. The summed E-state index contributed by atoms with van der Waals surface area (Å²) in [6, 6.07) is 7.22. The van der Waals surface area contributed by atoms with Gasteiger partial charge in [0.1, 0.15) is 0 Å². The minimum Gasteiger partial charge on any atom is -0.358 e. The zero-order valence-electron chi connectivity index (χ0n) is 8.82. The van der Waals surface area contributed by atoms with Gasteiger partial charge in [0.25, 0.3) is 0 Å². The number of nitrogens with one attached hydrogen (secondary N) is 2. The fraction of sp³-hybridized carbons (Fsp3) is 0.0909. The molecule has 0 unspecified atom stereocenters.